The van der Waals surface area contributed by atoms with Gasteiger partial charge >= 0.3 is 5.97 Å². The van der Waals surface area contributed by atoms with E-state index in [9.17, 15) is 14.7 Å². The third-order valence-electron chi connectivity index (χ3n) is 3.75. The summed E-state index contributed by atoms with van der Waals surface area (Å²) in [7, 11) is 0. The molecular formula is C12H19NO4. The zero-order valence-electron chi connectivity index (χ0n) is 10.4. The topological polar surface area (TPSA) is 75.6 Å². The van der Waals surface area contributed by atoms with Crippen LogP contribution in [0.1, 0.15) is 33.6 Å². The summed E-state index contributed by atoms with van der Waals surface area (Å²) in [5.74, 6) is -1.10. The third kappa shape index (κ3) is 1.48. The monoisotopic (exact) mass is 241 g/mol. The van der Waals surface area contributed by atoms with Crippen molar-refractivity contribution in [2.75, 3.05) is 0 Å². The molecule has 2 aliphatic heterocycles. The lowest BCUT2D eigenvalue weighted by Gasteiger charge is -2.46. The van der Waals surface area contributed by atoms with E-state index in [1.807, 2.05) is 20.8 Å². The number of hydrogen-bond acceptors (Lipinski definition) is 4. The van der Waals surface area contributed by atoms with Gasteiger partial charge in [-0.15, -0.1) is 0 Å². The largest absolute Gasteiger partial charge is 0.456 e. The molecule has 0 bridgehead atoms. The molecule has 4 unspecified atom stereocenters. The fourth-order valence-electron chi connectivity index (χ4n) is 2.80. The Hall–Kier alpha value is -1.10. The van der Waals surface area contributed by atoms with Gasteiger partial charge < -0.3 is 15.2 Å². The zero-order valence-corrected chi connectivity index (χ0v) is 10.4. The summed E-state index contributed by atoms with van der Waals surface area (Å²) < 4.78 is 5.09. The summed E-state index contributed by atoms with van der Waals surface area (Å²) in [6.07, 6.45) is 0.135. The van der Waals surface area contributed by atoms with Crippen LogP contribution in [0.2, 0.25) is 0 Å². The standard InChI is InChI=1S/C12H19NO4/c1-4-5-7-9-12(11(16)17-9,13-10(7)15)8(14)6(2)3/h6-9,14H,4-5H2,1-3H3,(H,13,15). The van der Waals surface area contributed by atoms with E-state index in [1.165, 1.54) is 0 Å². The number of fused-ring (bicyclic) bond motifs is 1. The van der Waals surface area contributed by atoms with E-state index < -0.39 is 23.7 Å². The smallest absolute Gasteiger partial charge is 0.338 e. The first-order valence-electron chi connectivity index (χ1n) is 6.16. The normalized spacial score (nSPS) is 37.2. The van der Waals surface area contributed by atoms with Crippen molar-refractivity contribution < 1.29 is 19.4 Å². The first-order chi connectivity index (χ1) is 7.95. The molecule has 0 aromatic carbocycles. The first kappa shape index (κ1) is 12.4. The maximum absolute atomic E-state index is 11.8. The Morgan fingerprint density at radius 3 is 2.59 bits per heavy atom. The molecule has 2 saturated heterocycles. The van der Waals surface area contributed by atoms with Crippen LogP contribution in [0.15, 0.2) is 0 Å². The summed E-state index contributed by atoms with van der Waals surface area (Å²) >= 11 is 0. The van der Waals surface area contributed by atoms with Gasteiger partial charge in [-0.1, -0.05) is 27.2 Å². The fraction of sp³-hybridized carbons (Fsp3) is 0.833. The first-order valence-corrected chi connectivity index (χ1v) is 6.16. The van der Waals surface area contributed by atoms with Gasteiger partial charge in [0.25, 0.3) is 0 Å². The van der Waals surface area contributed by atoms with Gasteiger partial charge in [-0.2, -0.15) is 0 Å². The second kappa shape index (κ2) is 3.98. The average Bonchev–Trinajstić information content (AvgIpc) is 2.49. The Bertz CT molecular complexity index is 354. The van der Waals surface area contributed by atoms with E-state index in [0.717, 1.165) is 6.42 Å². The molecule has 0 saturated carbocycles. The van der Waals surface area contributed by atoms with E-state index in [-0.39, 0.29) is 17.7 Å². The molecule has 0 aromatic heterocycles. The van der Waals surface area contributed by atoms with Crippen LogP contribution >= 0.6 is 0 Å². The number of carbonyl (C=O) groups is 2. The summed E-state index contributed by atoms with van der Waals surface area (Å²) in [6, 6.07) is 0. The van der Waals surface area contributed by atoms with Crippen LogP contribution in [-0.4, -0.2) is 34.7 Å². The maximum atomic E-state index is 11.8. The highest BCUT2D eigenvalue weighted by molar-refractivity contribution is 6.00. The molecule has 0 radical (unpaired) electrons. The van der Waals surface area contributed by atoms with Crippen LogP contribution in [-0.2, 0) is 14.3 Å². The van der Waals surface area contributed by atoms with Crippen LogP contribution in [0.25, 0.3) is 0 Å². The Labute approximate surface area is 101 Å². The number of aliphatic hydroxyl groups excluding tert-OH is 1. The predicted molar refractivity (Wildman–Crippen MR) is 60.0 cm³/mol. The van der Waals surface area contributed by atoms with Crippen molar-refractivity contribution in [1.82, 2.24) is 5.32 Å². The minimum absolute atomic E-state index is 0.106. The highest BCUT2D eigenvalue weighted by atomic mass is 16.6. The van der Waals surface area contributed by atoms with E-state index in [4.69, 9.17) is 4.74 Å². The second-order valence-electron chi connectivity index (χ2n) is 5.27. The Morgan fingerprint density at radius 2 is 2.12 bits per heavy atom. The van der Waals surface area contributed by atoms with Crippen LogP contribution < -0.4 is 5.32 Å². The summed E-state index contributed by atoms with van der Waals surface area (Å²) in [5.41, 5.74) is -1.19. The summed E-state index contributed by atoms with van der Waals surface area (Å²) in [6.45, 7) is 5.62. The third-order valence-corrected chi connectivity index (χ3v) is 3.75. The van der Waals surface area contributed by atoms with E-state index >= 15 is 0 Å². The summed E-state index contributed by atoms with van der Waals surface area (Å²) in [4.78, 5) is 23.5. The maximum Gasteiger partial charge on any atom is 0.338 e. The molecule has 1 amide bonds. The van der Waals surface area contributed by atoms with Crippen molar-refractivity contribution in [2.24, 2.45) is 11.8 Å². The van der Waals surface area contributed by atoms with E-state index in [2.05, 4.69) is 5.32 Å². The number of aliphatic hydroxyl groups is 1. The lowest BCUT2D eigenvalue weighted by molar-refractivity contribution is -0.207. The molecule has 5 heteroatoms. The zero-order chi connectivity index (χ0) is 12.8. The van der Waals surface area contributed by atoms with Crippen LogP contribution in [0.4, 0.5) is 0 Å². The highest BCUT2D eigenvalue weighted by Gasteiger charge is 2.71. The number of nitrogens with one attached hydrogen (secondary N) is 1. The van der Waals surface area contributed by atoms with Gasteiger partial charge in [0.1, 0.15) is 6.10 Å². The van der Waals surface area contributed by atoms with E-state index in [1.54, 1.807) is 0 Å². The lowest BCUT2D eigenvalue weighted by Crippen LogP contribution is -2.73. The number of carbonyl (C=O) groups excluding carboxylic acids is 2. The average molecular weight is 241 g/mol. The van der Waals surface area contributed by atoms with Gasteiger partial charge in [0.15, 0.2) is 0 Å². The van der Waals surface area contributed by atoms with Crippen molar-refractivity contribution in [3.8, 4) is 0 Å². The van der Waals surface area contributed by atoms with Crippen molar-refractivity contribution in [2.45, 2.75) is 51.4 Å². The fourth-order valence-corrected chi connectivity index (χ4v) is 2.80. The second-order valence-corrected chi connectivity index (χ2v) is 5.27. The minimum atomic E-state index is -1.19. The molecule has 2 fully saturated rings. The van der Waals surface area contributed by atoms with Crippen molar-refractivity contribution >= 4 is 11.9 Å². The van der Waals surface area contributed by atoms with Crippen LogP contribution in [0.5, 0.6) is 0 Å². The van der Waals surface area contributed by atoms with Crippen LogP contribution in [0.3, 0.4) is 0 Å². The van der Waals surface area contributed by atoms with Crippen molar-refractivity contribution in [3.05, 3.63) is 0 Å². The van der Waals surface area contributed by atoms with Gasteiger partial charge in [0, 0.05) is 0 Å². The van der Waals surface area contributed by atoms with Gasteiger partial charge in [-0.25, -0.2) is 4.79 Å². The van der Waals surface area contributed by atoms with Crippen molar-refractivity contribution in [1.29, 1.82) is 0 Å². The number of ether oxygens (including phenoxy) is 1. The SMILES string of the molecule is CCCC1C(=O)NC2(C(O)C(C)C)C(=O)OC12. The van der Waals surface area contributed by atoms with Crippen LogP contribution in [0, 0.1) is 11.8 Å². The number of esters is 1. The highest BCUT2D eigenvalue weighted by Crippen LogP contribution is 2.44. The van der Waals surface area contributed by atoms with Crippen molar-refractivity contribution in [3.63, 3.8) is 0 Å². The Balaban J connectivity index is 2.27. The molecule has 5 nitrogen and oxygen atoms in total. The molecule has 0 aliphatic carbocycles. The minimum Gasteiger partial charge on any atom is -0.456 e. The number of amides is 1. The quantitative estimate of drug-likeness (QED) is 0.690. The van der Waals surface area contributed by atoms with Gasteiger partial charge in [0.05, 0.1) is 12.0 Å². The molecular weight excluding hydrogens is 222 g/mol. The lowest BCUT2D eigenvalue weighted by atomic mass is 9.75. The number of hydrogen-bond donors (Lipinski definition) is 2. The molecule has 2 N–H and O–H groups in total. The van der Waals surface area contributed by atoms with Gasteiger partial charge in [-0.05, 0) is 12.3 Å². The van der Waals surface area contributed by atoms with Gasteiger partial charge in [0.2, 0.25) is 11.4 Å². The predicted octanol–water partition coefficient (Wildman–Crippen LogP) is 0.214. The molecule has 2 rings (SSSR count). The van der Waals surface area contributed by atoms with Gasteiger partial charge in [-0.3, -0.25) is 4.79 Å². The molecule has 17 heavy (non-hydrogen) atoms. The molecule has 0 aromatic rings. The molecule has 4 atom stereocenters. The number of rotatable bonds is 4. The van der Waals surface area contributed by atoms with E-state index in [0.29, 0.717) is 6.42 Å². The molecule has 0 spiro atoms. The molecule has 2 aliphatic rings. The molecule has 96 valence electrons. The summed E-state index contributed by atoms with van der Waals surface area (Å²) in [5, 5.41) is 12.8. The molecule has 2 heterocycles. The Kier molecular flexibility index (Phi) is 2.89. The Morgan fingerprint density at radius 1 is 1.47 bits per heavy atom.